The van der Waals surface area contributed by atoms with Gasteiger partial charge in [0.2, 0.25) is 10.0 Å². The van der Waals surface area contributed by atoms with Gasteiger partial charge in [-0.15, -0.1) is 23.7 Å². The van der Waals surface area contributed by atoms with Crippen LogP contribution >= 0.6 is 23.7 Å². The molecule has 0 radical (unpaired) electrons. The van der Waals surface area contributed by atoms with Gasteiger partial charge in [0.05, 0.1) is 4.90 Å². The van der Waals surface area contributed by atoms with E-state index >= 15 is 0 Å². The normalized spacial score (nSPS) is 12.2. The van der Waals surface area contributed by atoms with Crippen LogP contribution in [-0.4, -0.2) is 26.9 Å². The van der Waals surface area contributed by atoms with Crippen molar-refractivity contribution in [1.29, 1.82) is 0 Å². The summed E-state index contributed by atoms with van der Waals surface area (Å²) in [4.78, 5) is 13.1. The minimum atomic E-state index is -3.67. The molecule has 0 spiro atoms. The van der Waals surface area contributed by atoms with Gasteiger partial charge in [0.25, 0.3) is 5.91 Å². The van der Waals surface area contributed by atoms with Crippen LogP contribution in [0, 0.1) is 0 Å². The summed E-state index contributed by atoms with van der Waals surface area (Å²) in [5.41, 5.74) is 5.94. The lowest BCUT2D eigenvalue weighted by molar-refractivity contribution is 0.0952. The van der Waals surface area contributed by atoms with Crippen molar-refractivity contribution < 1.29 is 13.2 Å². The zero-order valence-electron chi connectivity index (χ0n) is 13.8. The van der Waals surface area contributed by atoms with Crippen LogP contribution in [0.5, 0.6) is 0 Å². The summed E-state index contributed by atoms with van der Waals surface area (Å²) in [5.74, 6) is -0.314. The van der Waals surface area contributed by atoms with Crippen LogP contribution < -0.4 is 15.8 Å². The van der Waals surface area contributed by atoms with E-state index in [0.717, 1.165) is 4.88 Å². The maximum Gasteiger partial charge on any atom is 0.251 e. The van der Waals surface area contributed by atoms with Gasteiger partial charge in [-0.3, -0.25) is 4.79 Å². The number of nitrogens with two attached hydrogens (primary N) is 1. The number of amides is 1. The summed E-state index contributed by atoms with van der Waals surface area (Å²) in [5, 5.41) is 4.62. The van der Waals surface area contributed by atoms with E-state index in [1.54, 1.807) is 12.1 Å². The molecule has 0 aliphatic carbocycles. The predicted molar refractivity (Wildman–Crippen MR) is 103 cm³/mol. The number of sulfonamides is 1. The van der Waals surface area contributed by atoms with Gasteiger partial charge < -0.3 is 11.1 Å². The summed E-state index contributed by atoms with van der Waals surface area (Å²) in [6.45, 7) is 2.54. The number of hydrogen-bond donors (Lipinski definition) is 3. The van der Waals surface area contributed by atoms with E-state index in [2.05, 4.69) is 10.0 Å². The first-order valence-electron chi connectivity index (χ1n) is 7.54. The quantitative estimate of drug-likeness (QED) is 0.628. The molecule has 0 aliphatic rings. The monoisotopic (exact) mass is 403 g/mol. The summed E-state index contributed by atoms with van der Waals surface area (Å²) in [7, 11) is -3.67. The Balaban J connectivity index is 0.00000312. The molecule has 25 heavy (non-hydrogen) atoms. The fraction of sp³-hybridized carbons (Fsp3) is 0.312. The van der Waals surface area contributed by atoms with Crippen molar-refractivity contribution in [3.8, 4) is 0 Å². The van der Waals surface area contributed by atoms with Crippen LogP contribution in [0.2, 0.25) is 0 Å². The highest BCUT2D eigenvalue weighted by Crippen LogP contribution is 2.14. The number of rotatable bonds is 8. The third-order valence-electron chi connectivity index (χ3n) is 3.31. The second-order valence-electron chi connectivity index (χ2n) is 5.45. The maximum atomic E-state index is 12.4. The summed E-state index contributed by atoms with van der Waals surface area (Å²) < 4.78 is 27.2. The minimum Gasteiger partial charge on any atom is -0.352 e. The van der Waals surface area contributed by atoms with Crippen molar-refractivity contribution in [3.05, 3.63) is 52.2 Å². The zero-order chi connectivity index (χ0) is 17.6. The molecule has 1 aromatic heterocycles. The molecule has 9 heteroatoms. The summed E-state index contributed by atoms with van der Waals surface area (Å²) in [6.07, 6.45) is 0.659. The molecule has 0 saturated carbocycles. The topological polar surface area (TPSA) is 101 Å². The van der Waals surface area contributed by atoms with Gasteiger partial charge in [-0.05, 0) is 43.0 Å². The standard InChI is InChI=1S/C16H21N3O3S2.ClH/c1-12(17)7-8-18-16(20)13-4-2-6-15(10-13)24(21,22)19-11-14-5-3-9-23-14;/h2-6,9-10,12,19H,7-8,11,17H2,1H3,(H,18,20);1H. The van der Waals surface area contributed by atoms with Gasteiger partial charge in [-0.1, -0.05) is 12.1 Å². The minimum absolute atomic E-state index is 0. The van der Waals surface area contributed by atoms with E-state index in [1.165, 1.54) is 23.5 Å². The van der Waals surface area contributed by atoms with Crippen LogP contribution in [0.3, 0.4) is 0 Å². The van der Waals surface area contributed by atoms with Crippen LogP contribution in [0.15, 0.2) is 46.7 Å². The zero-order valence-corrected chi connectivity index (χ0v) is 16.2. The molecular formula is C16H22ClN3O3S2. The van der Waals surface area contributed by atoms with E-state index < -0.39 is 10.0 Å². The van der Waals surface area contributed by atoms with Gasteiger partial charge in [0.1, 0.15) is 0 Å². The molecule has 1 unspecified atom stereocenters. The average molecular weight is 404 g/mol. The lowest BCUT2D eigenvalue weighted by Crippen LogP contribution is -2.29. The average Bonchev–Trinajstić information content (AvgIpc) is 3.06. The number of carbonyl (C=O) groups excluding carboxylic acids is 1. The Bertz CT molecular complexity index is 778. The van der Waals surface area contributed by atoms with Crippen molar-refractivity contribution in [2.45, 2.75) is 30.8 Å². The lowest BCUT2D eigenvalue weighted by Gasteiger charge is -2.09. The molecule has 0 bridgehead atoms. The number of hydrogen-bond acceptors (Lipinski definition) is 5. The molecule has 2 rings (SSSR count). The third kappa shape index (κ3) is 6.75. The molecule has 1 heterocycles. The molecule has 0 aliphatic heterocycles. The lowest BCUT2D eigenvalue weighted by atomic mass is 10.2. The van der Waals surface area contributed by atoms with Crippen molar-refractivity contribution >= 4 is 39.7 Å². The molecular weight excluding hydrogens is 382 g/mol. The number of benzene rings is 1. The highest BCUT2D eigenvalue weighted by Gasteiger charge is 2.16. The first kappa shape index (κ1) is 21.6. The molecule has 1 amide bonds. The molecule has 0 saturated heterocycles. The number of nitrogens with one attached hydrogen (secondary N) is 2. The highest BCUT2D eigenvalue weighted by atomic mass is 35.5. The van der Waals surface area contributed by atoms with Crippen LogP contribution in [0.25, 0.3) is 0 Å². The third-order valence-corrected chi connectivity index (χ3v) is 5.58. The summed E-state index contributed by atoms with van der Waals surface area (Å²) >= 11 is 1.48. The van der Waals surface area contributed by atoms with E-state index in [4.69, 9.17) is 5.73 Å². The molecule has 0 fully saturated rings. The number of carbonyl (C=O) groups is 1. The molecule has 138 valence electrons. The van der Waals surface area contributed by atoms with Crippen LogP contribution in [0.1, 0.15) is 28.6 Å². The van der Waals surface area contributed by atoms with E-state index in [-0.39, 0.29) is 35.8 Å². The Morgan fingerprint density at radius 3 is 2.68 bits per heavy atom. The van der Waals surface area contributed by atoms with E-state index in [0.29, 0.717) is 18.5 Å². The largest absolute Gasteiger partial charge is 0.352 e. The molecule has 1 atom stereocenters. The van der Waals surface area contributed by atoms with Gasteiger partial charge in [-0.2, -0.15) is 0 Å². The van der Waals surface area contributed by atoms with Gasteiger partial charge in [-0.25, -0.2) is 13.1 Å². The van der Waals surface area contributed by atoms with Crippen molar-refractivity contribution in [2.24, 2.45) is 5.73 Å². The molecule has 1 aromatic carbocycles. The molecule has 4 N–H and O–H groups in total. The van der Waals surface area contributed by atoms with Crippen LogP contribution in [-0.2, 0) is 16.6 Å². The van der Waals surface area contributed by atoms with Crippen molar-refractivity contribution in [3.63, 3.8) is 0 Å². The fourth-order valence-electron chi connectivity index (χ4n) is 1.98. The first-order valence-corrected chi connectivity index (χ1v) is 9.90. The number of halogens is 1. The summed E-state index contributed by atoms with van der Waals surface area (Å²) in [6, 6.07) is 9.70. The second-order valence-corrected chi connectivity index (χ2v) is 8.25. The Morgan fingerprint density at radius 2 is 2.04 bits per heavy atom. The second kappa shape index (κ2) is 9.88. The van der Waals surface area contributed by atoms with Crippen molar-refractivity contribution in [1.82, 2.24) is 10.0 Å². The smallest absolute Gasteiger partial charge is 0.251 e. The van der Waals surface area contributed by atoms with Crippen molar-refractivity contribution in [2.75, 3.05) is 6.54 Å². The Kier molecular flexibility index (Phi) is 8.54. The molecule has 2 aromatic rings. The van der Waals surface area contributed by atoms with E-state index in [9.17, 15) is 13.2 Å². The first-order chi connectivity index (χ1) is 11.4. The van der Waals surface area contributed by atoms with Gasteiger partial charge in [0.15, 0.2) is 0 Å². The number of thiophene rings is 1. The van der Waals surface area contributed by atoms with E-state index in [1.807, 2.05) is 24.4 Å². The Hall–Kier alpha value is -1.45. The SMILES string of the molecule is CC(N)CCNC(=O)c1cccc(S(=O)(=O)NCc2cccs2)c1.Cl. The predicted octanol–water partition coefficient (Wildman–Crippen LogP) is 2.12. The van der Waals surface area contributed by atoms with Crippen LogP contribution in [0.4, 0.5) is 0 Å². The maximum absolute atomic E-state index is 12.4. The molecule has 6 nitrogen and oxygen atoms in total. The van der Waals surface area contributed by atoms with Gasteiger partial charge in [0, 0.05) is 29.6 Å². The Labute approximate surface area is 158 Å². The highest BCUT2D eigenvalue weighted by molar-refractivity contribution is 7.89. The van der Waals surface area contributed by atoms with Gasteiger partial charge >= 0.3 is 0 Å². The Morgan fingerprint density at radius 1 is 1.28 bits per heavy atom. The fourth-order valence-corrected chi connectivity index (χ4v) is 3.77.